The van der Waals surface area contributed by atoms with Crippen LogP contribution in [0.3, 0.4) is 0 Å². The Morgan fingerprint density at radius 2 is 1.88 bits per heavy atom. The van der Waals surface area contributed by atoms with E-state index in [0.29, 0.717) is 75.0 Å². The van der Waals surface area contributed by atoms with Gasteiger partial charge in [0.25, 0.3) is 5.91 Å². The van der Waals surface area contributed by atoms with E-state index in [-0.39, 0.29) is 23.6 Å². The average Bonchev–Trinajstić information content (AvgIpc) is 2.98. The highest BCUT2D eigenvalue weighted by atomic mass is 19.4. The predicted molar refractivity (Wildman–Crippen MR) is 154 cm³/mol. The summed E-state index contributed by atoms with van der Waals surface area (Å²) in [6.07, 6.45) is -0.349. The normalized spacial score (nSPS) is 22.4. The van der Waals surface area contributed by atoms with Crippen LogP contribution in [0.1, 0.15) is 48.3 Å². The molecule has 3 aromatic heterocycles. The molecule has 0 aromatic carbocycles. The van der Waals surface area contributed by atoms with Gasteiger partial charge in [0.1, 0.15) is 11.3 Å². The first-order valence-electron chi connectivity index (χ1n) is 14.7. The SMILES string of the molecule is CCOc1ncccc1-c1ccc2c(n1)C(=O)N(C1CNC1)CC21CCN(c2ccnc(OC)c2C(F)(F)F)CC1CC. The predicted octanol–water partition coefficient (Wildman–Crippen LogP) is 4.57. The highest BCUT2D eigenvalue weighted by Gasteiger charge is 2.53. The molecule has 0 bridgehead atoms. The number of carbonyl (C=O) groups excluding carboxylic acids is 1. The van der Waals surface area contributed by atoms with Gasteiger partial charge in [0, 0.05) is 50.5 Å². The third-order valence-electron chi connectivity index (χ3n) is 9.13. The summed E-state index contributed by atoms with van der Waals surface area (Å²) in [6, 6.07) is 9.03. The Bertz CT molecular complexity index is 1510. The third-order valence-corrected chi connectivity index (χ3v) is 9.13. The Morgan fingerprint density at radius 3 is 2.56 bits per heavy atom. The summed E-state index contributed by atoms with van der Waals surface area (Å²) >= 11 is 0. The lowest BCUT2D eigenvalue weighted by atomic mass is 9.62. The van der Waals surface area contributed by atoms with E-state index >= 15 is 0 Å². The van der Waals surface area contributed by atoms with Gasteiger partial charge in [-0.3, -0.25) is 4.79 Å². The van der Waals surface area contributed by atoms with Crippen molar-refractivity contribution in [3.8, 4) is 23.0 Å². The van der Waals surface area contributed by atoms with Crippen molar-refractivity contribution < 1.29 is 27.4 Å². The molecule has 0 radical (unpaired) electrons. The van der Waals surface area contributed by atoms with E-state index in [1.165, 1.54) is 19.4 Å². The second kappa shape index (κ2) is 11.3. The topological polar surface area (TPSA) is 92.7 Å². The second-order valence-electron chi connectivity index (χ2n) is 11.3. The Morgan fingerprint density at radius 1 is 1.09 bits per heavy atom. The maximum Gasteiger partial charge on any atom is 0.423 e. The number of hydrogen-bond acceptors (Lipinski definition) is 8. The summed E-state index contributed by atoms with van der Waals surface area (Å²) in [4.78, 5) is 30.9. The molecule has 6 rings (SSSR count). The molecule has 1 N–H and O–H groups in total. The number of halogens is 3. The van der Waals surface area contributed by atoms with Crippen molar-refractivity contribution in [3.05, 3.63) is 59.5 Å². The minimum absolute atomic E-state index is 0.0391. The lowest BCUT2D eigenvalue weighted by Crippen LogP contribution is -2.66. The van der Waals surface area contributed by atoms with Gasteiger partial charge in [-0.1, -0.05) is 19.4 Å². The van der Waals surface area contributed by atoms with Gasteiger partial charge in [-0.2, -0.15) is 13.2 Å². The van der Waals surface area contributed by atoms with Crippen LogP contribution < -0.4 is 19.7 Å². The summed E-state index contributed by atoms with van der Waals surface area (Å²) < 4.78 is 53.5. The first kappa shape index (κ1) is 29.2. The number of aromatic nitrogens is 3. The fourth-order valence-electron chi connectivity index (χ4n) is 6.89. The molecule has 0 saturated carbocycles. The van der Waals surface area contributed by atoms with Gasteiger partial charge in [-0.15, -0.1) is 0 Å². The highest BCUT2D eigenvalue weighted by Crippen LogP contribution is 2.50. The molecule has 3 aliphatic heterocycles. The Hall–Kier alpha value is -3.93. The summed E-state index contributed by atoms with van der Waals surface area (Å²) in [6.45, 7) is 7.03. The van der Waals surface area contributed by atoms with E-state index in [4.69, 9.17) is 14.5 Å². The van der Waals surface area contributed by atoms with Gasteiger partial charge in [0.2, 0.25) is 11.8 Å². The van der Waals surface area contributed by atoms with Crippen molar-refractivity contribution in [3.63, 3.8) is 0 Å². The van der Waals surface area contributed by atoms with Crippen molar-refractivity contribution in [2.75, 3.05) is 51.3 Å². The van der Waals surface area contributed by atoms with Crippen LogP contribution >= 0.6 is 0 Å². The summed E-state index contributed by atoms with van der Waals surface area (Å²) in [5.74, 6) is -0.155. The van der Waals surface area contributed by atoms with Crippen molar-refractivity contribution in [1.29, 1.82) is 0 Å². The van der Waals surface area contributed by atoms with Gasteiger partial charge in [0.15, 0.2) is 0 Å². The summed E-state index contributed by atoms with van der Waals surface area (Å²) in [5.41, 5.74) is 1.28. The molecule has 1 amide bonds. The molecule has 2 saturated heterocycles. The summed E-state index contributed by atoms with van der Waals surface area (Å²) in [7, 11) is 1.20. The maximum absolute atomic E-state index is 14.2. The van der Waals surface area contributed by atoms with E-state index in [9.17, 15) is 18.0 Å². The van der Waals surface area contributed by atoms with Gasteiger partial charge in [-0.25, -0.2) is 15.0 Å². The molecule has 228 valence electrons. The zero-order valence-corrected chi connectivity index (χ0v) is 24.4. The third kappa shape index (κ3) is 4.95. The lowest BCUT2D eigenvalue weighted by molar-refractivity contribution is -0.138. The molecule has 43 heavy (non-hydrogen) atoms. The summed E-state index contributed by atoms with van der Waals surface area (Å²) in [5, 5.41) is 3.27. The van der Waals surface area contributed by atoms with Crippen LogP contribution in [0.4, 0.5) is 18.9 Å². The van der Waals surface area contributed by atoms with Crippen molar-refractivity contribution in [2.45, 2.75) is 44.3 Å². The number of pyridine rings is 3. The molecule has 3 aliphatic rings. The van der Waals surface area contributed by atoms with Crippen LogP contribution in [0.25, 0.3) is 11.3 Å². The molecule has 2 atom stereocenters. The zero-order valence-electron chi connectivity index (χ0n) is 24.4. The molecule has 12 heteroatoms. The van der Waals surface area contributed by atoms with Crippen LogP contribution in [-0.2, 0) is 11.6 Å². The number of ether oxygens (including phenoxy) is 2. The molecule has 3 aromatic rings. The number of rotatable bonds is 7. The zero-order chi connectivity index (χ0) is 30.4. The number of alkyl halides is 3. The Labute approximate surface area is 248 Å². The molecule has 0 aliphatic carbocycles. The fourth-order valence-corrected chi connectivity index (χ4v) is 6.89. The van der Waals surface area contributed by atoms with Crippen LogP contribution in [0.15, 0.2) is 42.7 Å². The number of piperidine rings is 1. The van der Waals surface area contributed by atoms with Crippen molar-refractivity contribution in [1.82, 2.24) is 25.2 Å². The van der Waals surface area contributed by atoms with Crippen LogP contribution in [-0.4, -0.2) is 78.2 Å². The number of carbonyl (C=O) groups is 1. The smallest absolute Gasteiger partial charge is 0.423 e. The molecular weight excluding hydrogens is 561 g/mol. The maximum atomic E-state index is 14.2. The van der Waals surface area contributed by atoms with Crippen LogP contribution in [0.5, 0.6) is 11.8 Å². The molecule has 2 fully saturated rings. The first-order chi connectivity index (χ1) is 20.7. The van der Waals surface area contributed by atoms with E-state index < -0.39 is 23.0 Å². The molecule has 9 nitrogen and oxygen atoms in total. The van der Waals surface area contributed by atoms with Crippen LogP contribution in [0, 0.1) is 5.92 Å². The van der Waals surface area contributed by atoms with Crippen molar-refractivity contribution >= 4 is 11.6 Å². The Kier molecular flexibility index (Phi) is 7.66. The number of nitrogens with zero attached hydrogens (tertiary/aromatic N) is 5. The van der Waals surface area contributed by atoms with Gasteiger partial charge in [-0.05, 0) is 49.1 Å². The Balaban J connectivity index is 1.43. The standard InChI is InChI=1S/C31H35F3N6O3/c1-4-19-17-39(24-10-13-37-28(42-3)25(24)31(32,33)34)14-11-30(19)18-40(20-15-35-16-20)29(41)26-22(30)8-9-23(38-26)21-7-6-12-36-27(21)43-5-2/h6-10,12-13,19-20,35H,4-5,11,14-18H2,1-3H3. The monoisotopic (exact) mass is 596 g/mol. The molecule has 6 heterocycles. The van der Waals surface area contributed by atoms with Gasteiger partial charge in [0.05, 0.1) is 36.7 Å². The number of nitrogens with one attached hydrogen (secondary N) is 1. The number of methoxy groups -OCH3 is 1. The average molecular weight is 597 g/mol. The lowest BCUT2D eigenvalue weighted by Gasteiger charge is -2.55. The first-order valence-corrected chi connectivity index (χ1v) is 14.7. The van der Waals surface area contributed by atoms with Crippen molar-refractivity contribution in [2.24, 2.45) is 5.92 Å². The van der Waals surface area contributed by atoms with E-state index in [2.05, 4.69) is 22.2 Å². The van der Waals surface area contributed by atoms with Crippen LogP contribution in [0.2, 0.25) is 0 Å². The number of fused-ring (bicyclic) bond motifs is 2. The molecule has 1 spiro atoms. The number of amides is 1. The minimum atomic E-state index is -4.63. The molecule has 2 unspecified atom stereocenters. The fraction of sp³-hybridized carbons (Fsp3) is 0.484. The number of hydrogen-bond donors (Lipinski definition) is 1. The van der Waals surface area contributed by atoms with Gasteiger partial charge < -0.3 is 24.6 Å². The van der Waals surface area contributed by atoms with Gasteiger partial charge >= 0.3 is 6.18 Å². The highest BCUT2D eigenvalue weighted by molar-refractivity contribution is 5.96. The molecular formula is C31H35F3N6O3. The largest absolute Gasteiger partial charge is 0.481 e. The van der Waals surface area contributed by atoms with E-state index in [0.717, 1.165) is 5.56 Å². The van der Waals surface area contributed by atoms with E-state index in [1.807, 2.05) is 30.0 Å². The minimum Gasteiger partial charge on any atom is -0.481 e. The quantitative estimate of drug-likeness (QED) is 0.424. The van der Waals surface area contributed by atoms with E-state index in [1.54, 1.807) is 17.2 Å². The number of anilines is 1. The second-order valence-corrected chi connectivity index (χ2v) is 11.3.